The summed E-state index contributed by atoms with van der Waals surface area (Å²) in [7, 11) is 1.65. The topological polar surface area (TPSA) is 99.3 Å². The van der Waals surface area contributed by atoms with Crippen LogP contribution in [0.3, 0.4) is 0 Å². The molecule has 2 saturated carbocycles. The molecule has 12 heteroatoms. The van der Waals surface area contributed by atoms with E-state index in [0.717, 1.165) is 78.9 Å². The minimum absolute atomic E-state index is 0.0501. The van der Waals surface area contributed by atoms with Crippen molar-refractivity contribution in [3.8, 4) is 23.1 Å². The van der Waals surface area contributed by atoms with Crippen molar-refractivity contribution in [1.82, 2.24) is 24.8 Å². The molecule has 3 aromatic heterocycles. The monoisotopic (exact) mass is 777 g/mol. The highest BCUT2D eigenvalue weighted by Crippen LogP contribution is 2.54. The number of aromatic nitrogens is 3. The van der Waals surface area contributed by atoms with Crippen molar-refractivity contribution >= 4 is 56.6 Å². The molecule has 4 saturated heterocycles. The number of carbonyl (C=O) groups is 1. The number of piperidine rings is 1. The number of pyridine rings is 2. The standard InChI is InChI=1S/C43H42Cl2FN7O2/c1-21-33(11-13-48-42(21)55-3)51-19-26-14-27(20-51)52(43(54)23-9-10-23)40(26)34-17-29-22(2)50-38-30(41(29)53(34)39-25-16-32(39)49-18-25)15-24(6-5-12-47)35(37(38)46)28-7-4-8-31(44)36(28)45/h4,7-8,11,13,15,17,23,25-27,32,39-40,49H,5-6,9-10,14,16,18-20H2,1-3H3/t25-,26+,27-,32-,39+,40-/m1/s1. The van der Waals surface area contributed by atoms with E-state index >= 15 is 4.39 Å². The van der Waals surface area contributed by atoms with Gasteiger partial charge in [0.2, 0.25) is 11.8 Å². The predicted octanol–water partition coefficient (Wildman–Crippen LogP) is 8.50. The summed E-state index contributed by atoms with van der Waals surface area (Å²) in [5, 5.41) is 15.7. The average molecular weight is 779 g/mol. The first kappa shape index (κ1) is 35.0. The zero-order valence-electron chi connectivity index (χ0n) is 31.1. The zero-order valence-corrected chi connectivity index (χ0v) is 32.6. The Bertz CT molecular complexity index is 2460. The molecular weight excluding hydrogens is 736 g/mol. The van der Waals surface area contributed by atoms with Crippen LogP contribution in [0, 0.1) is 48.7 Å². The number of amides is 1. The minimum Gasteiger partial charge on any atom is -0.481 e. The van der Waals surface area contributed by atoms with Crippen LogP contribution in [0.5, 0.6) is 5.88 Å². The Labute approximate surface area is 329 Å². The number of anilines is 1. The molecule has 9 nitrogen and oxygen atoms in total. The second kappa shape index (κ2) is 13.1. The fourth-order valence-electron chi connectivity index (χ4n) is 10.6. The van der Waals surface area contributed by atoms with Crippen molar-refractivity contribution < 1.29 is 13.9 Å². The summed E-state index contributed by atoms with van der Waals surface area (Å²) in [6, 6.07) is 14.2. The van der Waals surface area contributed by atoms with Gasteiger partial charge in [0.15, 0.2) is 5.82 Å². The summed E-state index contributed by atoms with van der Waals surface area (Å²) in [4.78, 5) is 28.6. The first-order valence-electron chi connectivity index (χ1n) is 19.5. The van der Waals surface area contributed by atoms with Gasteiger partial charge in [0.1, 0.15) is 5.52 Å². The number of rotatable bonds is 8. The van der Waals surface area contributed by atoms with Gasteiger partial charge in [0.05, 0.1) is 46.9 Å². The number of benzene rings is 2. The van der Waals surface area contributed by atoms with E-state index in [-0.39, 0.29) is 58.9 Å². The molecule has 55 heavy (non-hydrogen) atoms. The SMILES string of the molecule is COc1nccc(N2C[C@@H]3C[C@H](C2)N(C(=O)C2CC2)[C@H]3c2cc3c(C)nc4c(F)c(-c5cccc(Cl)c5Cl)c(CCC#N)cc4c3n2[C@H]2[C@H]3CN[C@@H]2C3)c1C. The van der Waals surface area contributed by atoms with E-state index in [0.29, 0.717) is 45.3 Å². The van der Waals surface area contributed by atoms with Crippen molar-refractivity contribution in [3.63, 3.8) is 0 Å². The summed E-state index contributed by atoms with van der Waals surface area (Å²) in [5.74, 6) is 1.06. The Kier molecular flexibility index (Phi) is 8.32. The maximum atomic E-state index is 17.4. The molecule has 5 aromatic rings. The molecule has 0 unspecified atom stereocenters. The van der Waals surface area contributed by atoms with Crippen LogP contribution in [-0.2, 0) is 11.2 Å². The quantitative estimate of drug-likeness (QED) is 0.169. The van der Waals surface area contributed by atoms with Gasteiger partial charge in [-0.05, 0) is 81.7 Å². The van der Waals surface area contributed by atoms with Gasteiger partial charge in [-0.25, -0.2) is 14.4 Å². The highest BCUT2D eigenvalue weighted by Gasteiger charge is 2.55. The molecule has 2 aliphatic carbocycles. The number of nitriles is 1. The molecule has 4 bridgehead atoms. The van der Waals surface area contributed by atoms with E-state index in [1.54, 1.807) is 31.5 Å². The van der Waals surface area contributed by atoms with E-state index in [4.69, 9.17) is 32.9 Å². The number of likely N-dealkylation sites (tertiary alicyclic amines) is 1. The summed E-state index contributed by atoms with van der Waals surface area (Å²) in [5.41, 5.74) is 6.66. The van der Waals surface area contributed by atoms with E-state index in [2.05, 4.69) is 49.8 Å². The predicted molar refractivity (Wildman–Crippen MR) is 212 cm³/mol. The fraction of sp³-hybridized carbons (Fsp3) is 0.442. The molecular formula is C43H42Cl2FN7O2. The van der Waals surface area contributed by atoms with Crippen LogP contribution in [0.25, 0.3) is 32.9 Å². The number of aryl methyl sites for hydroxylation is 2. The van der Waals surface area contributed by atoms with Gasteiger partial charge in [-0.3, -0.25) is 4.79 Å². The minimum atomic E-state index is -0.468. The smallest absolute Gasteiger partial charge is 0.226 e. The van der Waals surface area contributed by atoms with Gasteiger partial charge >= 0.3 is 0 Å². The molecule has 6 fully saturated rings. The maximum Gasteiger partial charge on any atom is 0.226 e. The van der Waals surface area contributed by atoms with Gasteiger partial charge in [-0.15, -0.1) is 0 Å². The van der Waals surface area contributed by atoms with Crippen LogP contribution < -0.4 is 15.0 Å². The van der Waals surface area contributed by atoms with Crippen LogP contribution in [0.1, 0.15) is 66.7 Å². The van der Waals surface area contributed by atoms with Gasteiger partial charge < -0.3 is 24.4 Å². The van der Waals surface area contributed by atoms with E-state index in [9.17, 15) is 10.1 Å². The molecule has 7 heterocycles. The van der Waals surface area contributed by atoms with E-state index in [1.807, 2.05) is 13.0 Å². The number of fused-ring (bicyclic) bond motifs is 6. The molecule has 2 aromatic carbocycles. The lowest BCUT2D eigenvalue weighted by atomic mass is 9.79. The summed E-state index contributed by atoms with van der Waals surface area (Å²) < 4.78 is 25.5. The van der Waals surface area contributed by atoms with Gasteiger partial charge in [0, 0.05) is 94.7 Å². The third-order valence-corrected chi connectivity index (χ3v) is 14.0. The lowest BCUT2D eigenvalue weighted by Crippen LogP contribution is -2.45. The van der Waals surface area contributed by atoms with Crippen molar-refractivity contribution in [1.29, 1.82) is 5.26 Å². The Morgan fingerprint density at radius 3 is 2.67 bits per heavy atom. The fourth-order valence-corrected chi connectivity index (χ4v) is 11.0. The number of ether oxygens (including phenoxy) is 1. The lowest BCUT2D eigenvalue weighted by Gasteiger charge is -2.40. The Hall–Kier alpha value is -4.43. The molecule has 4 aliphatic heterocycles. The van der Waals surface area contributed by atoms with Crippen molar-refractivity contribution in [2.24, 2.45) is 17.8 Å². The number of halogens is 3. The van der Waals surface area contributed by atoms with Crippen molar-refractivity contribution in [2.75, 3.05) is 31.6 Å². The van der Waals surface area contributed by atoms with Crippen LogP contribution in [0.4, 0.5) is 10.1 Å². The first-order valence-corrected chi connectivity index (χ1v) is 20.2. The first-order chi connectivity index (χ1) is 26.7. The number of nitrogens with one attached hydrogen (secondary N) is 1. The van der Waals surface area contributed by atoms with Crippen LogP contribution in [0.2, 0.25) is 10.0 Å². The Morgan fingerprint density at radius 2 is 1.95 bits per heavy atom. The molecule has 0 spiro atoms. The normalized spacial score (nSPS) is 25.5. The van der Waals surface area contributed by atoms with Crippen LogP contribution in [0.15, 0.2) is 42.6 Å². The van der Waals surface area contributed by atoms with E-state index < -0.39 is 5.82 Å². The molecule has 282 valence electrons. The average Bonchev–Trinajstić information content (AvgIpc) is 3.46. The Balaban J connectivity index is 1.20. The van der Waals surface area contributed by atoms with Crippen LogP contribution in [-0.4, -0.2) is 64.2 Å². The molecule has 11 rings (SSSR count). The highest BCUT2D eigenvalue weighted by molar-refractivity contribution is 6.43. The second-order valence-electron chi connectivity index (χ2n) is 16.3. The van der Waals surface area contributed by atoms with Gasteiger partial charge in [-0.2, -0.15) is 5.26 Å². The lowest BCUT2D eigenvalue weighted by molar-refractivity contribution is -0.135. The summed E-state index contributed by atoms with van der Waals surface area (Å²) in [6.07, 6.45) is 6.23. The van der Waals surface area contributed by atoms with Crippen LogP contribution >= 0.6 is 23.2 Å². The number of methoxy groups -OCH3 is 1. The summed E-state index contributed by atoms with van der Waals surface area (Å²) in [6.45, 7) is 6.46. The maximum absolute atomic E-state index is 17.4. The van der Waals surface area contributed by atoms with Gasteiger partial charge in [0.25, 0.3) is 0 Å². The Morgan fingerprint density at radius 1 is 1.11 bits per heavy atom. The summed E-state index contributed by atoms with van der Waals surface area (Å²) >= 11 is 13.2. The molecule has 0 radical (unpaired) electrons. The third-order valence-electron chi connectivity index (χ3n) is 13.2. The van der Waals surface area contributed by atoms with E-state index in [1.165, 1.54) is 0 Å². The molecule has 1 N–H and O–H groups in total. The second-order valence-corrected chi connectivity index (χ2v) is 17.0. The zero-order chi connectivity index (χ0) is 37.9. The van der Waals surface area contributed by atoms with Crippen molar-refractivity contribution in [3.05, 3.63) is 81.0 Å². The molecule has 6 aliphatic rings. The number of hydrogen-bond acceptors (Lipinski definition) is 7. The highest BCUT2D eigenvalue weighted by atomic mass is 35.5. The third kappa shape index (κ3) is 5.29. The molecule has 1 amide bonds. The van der Waals surface area contributed by atoms with Gasteiger partial charge in [-0.1, -0.05) is 35.3 Å². The number of hydrogen-bond donors (Lipinski definition) is 1. The van der Waals surface area contributed by atoms with Crippen molar-refractivity contribution in [2.45, 2.75) is 76.5 Å². The molecule has 6 atom stereocenters. The largest absolute Gasteiger partial charge is 0.481 e. The number of nitrogens with zero attached hydrogens (tertiary/aromatic N) is 6. The number of carbonyl (C=O) groups excluding carboxylic acids is 1.